The van der Waals surface area contributed by atoms with Crippen LogP contribution in [-0.4, -0.2) is 34.1 Å². The van der Waals surface area contributed by atoms with Crippen molar-refractivity contribution in [1.29, 1.82) is 0 Å². The molecule has 0 saturated carbocycles. The van der Waals surface area contributed by atoms with Crippen molar-refractivity contribution in [3.8, 4) is 0 Å². The molecule has 1 aromatic carbocycles. The maximum atomic E-state index is 12.4. The molecule has 0 bridgehead atoms. The van der Waals surface area contributed by atoms with Crippen LogP contribution in [0.4, 0.5) is 0 Å². The largest absolute Gasteiger partial charge is 0.393 e. The summed E-state index contributed by atoms with van der Waals surface area (Å²) in [5.41, 5.74) is 6.96. The van der Waals surface area contributed by atoms with E-state index in [9.17, 15) is 14.7 Å². The molecule has 1 aromatic heterocycles. The van der Waals surface area contributed by atoms with Gasteiger partial charge in [-0.3, -0.25) is 9.59 Å². The number of primary amides is 1. The zero-order valence-electron chi connectivity index (χ0n) is 13.9. The molecule has 2 aromatic rings. The fraction of sp³-hybridized carbons (Fsp3) is 0.333. The molecule has 24 heavy (non-hydrogen) atoms. The Morgan fingerprint density at radius 1 is 1.29 bits per heavy atom. The summed E-state index contributed by atoms with van der Waals surface area (Å²) in [6.07, 6.45) is 1.61. The van der Waals surface area contributed by atoms with Gasteiger partial charge in [0.1, 0.15) is 5.69 Å². The van der Waals surface area contributed by atoms with Crippen molar-refractivity contribution >= 4 is 11.8 Å². The third-order valence-electron chi connectivity index (χ3n) is 3.93. The molecule has 1 heterocycles. The molecule has 0 aliphatic carbocycles. The third-order valence-corrected chi connectivity index (χ3v) is 3.93. The van der Waals surface area contributed by atoms with Crippen molar-refractivity contribution in [1.82, 2.24) is 9.88 Å². The molecule has 0 aliphatic heterocycles. The minimum Gasteiger partial charge on any atom is -0.393 e. The lowest BCUT2D eigenvalue weighted by Crippen LogP contribution is -2.30. The molecule has 128 valence electrons. The predicted molar refractivity (Wildman–Crippen MR) is 91.7 cm³/mol. The first-order valence-corrected chi connectivity index (χ1v) is 7.86. The fourth-order valence-electron chi connectivity index (χ4n) is 2.71. The van der Waals surface area contributed by atoms with Crippen molar-refractivity contribution in [2.45, 2.75) is 25.4 Å². The van der Waals surface area contributed by atoms with Crippen LogP contribution in [0.25, 0.3) is 0 Å². The summed E-state index contributed by atoms with van der Waals surface area (Å²) >= 11 is 0. The number of nitrogens with zero attached hydrogens (tertiary/aromatic N) is 1. The number of aliphatic hydroxyl groups is 1. The molecule has 2 rings (SSSR count). The van der Waals surface area contributed by atoms with Crippen molar-refractivity contribution in [2.24, 2.45) is 12.8 Å². The van der Waals surface area contributed by atoms with E-state index in [-0.39, 0.29) is 11.8 Å². The van der Waals surface area contributed by atoms with E-state index < -0.39 is 12.0 Å². The molecule has 6 heteroatoms. The Labute approximate surface area is 141 Å². The molecular formula is C18H23N3O3. The number of carbonyl (C=O) groups excluding carboxylic acids is 2. The van der Waals surface area contributed by atoms with Crippen molar-refractivity contribution in [2.75, 3.05) is 6.54 Å². The van der Waals surface area contributed by atoms with Gasteiger partial charge in [0, 0.05) is 25.7 Å². The molecular weight excluding hydrogens is 306 g/mol. The van der Waals surface area contributed by atoms with Gasteiger partial charge in [0.15, 0.2) is 0 Å². The maximum Gasteiger partial charge on any atom is 0.267 e. The molecule has 6 nitrogen and oxygen atoms in total. The molecule has 0 fully saturated rings. The van der Waals surface area contributed by atoms with Crippen molar-refractivity contribution in [3.63, 3.8) is 0 Å². The van der Waals surface area contributed by atoms with Gasteiger partial charge >= 0.3 is 0 Å². The molecule has 2 atom stereocenters. The predicted octanol–water partition coefficient (Wildman–Crippen LogP) is 1.41. The number of rotatable bonds is 7. The summed E-state index contributed by atoms with van der Waals surface area (Å²) in [6.45, 7) is 2.12. The second-order valence-corrected chi connectivity index (χ2v) is 5.99. The van der Waals surface area contributed by atoms with Gasteiger partial charge in [-0.15, -0.1) is 0 Å². The smallest absolute Gasteiger partial charge is 0.267 e. The number of aromatic nitrogens is 1. The normalized spacial score (nSPS) is 13.3. The molecule has 0 aliphatic rings. The standard InChI is InChI=1S/C18H23N3O3/c1-12(22)8-14(13-6-4-3-5-7-13)10-20-18(24)16-9-15(17(19)23)11-21(16)2/h3-7,9,11-12,14,22H,8,10H2,1-2H3,(H2,19,23)(H,20,24). The number of amides is 2. The number of hydrogen-bond donors (Lipinski definition) is 3. The Kier molecular flexibility index (Phi) is 5.76. The third kappa shape index (κ3) is 4.45. The van der Waals surface area contributed by atoms with Gasteiger partial charge in [0.05, 0.1) is 11.7 Å². The van der Waals surface area contributed by atoms with E-state index in [2.05, 4.69) is 5.32 Å². The van der Waals surface area contributed by atoms with Crippen LogP contribution in [0, 0.1) is 0 Å². The highest BCUT2D eigenvalue weighted by atomic mass is 16.3. The first-order chi connectivity index (χ1) is 11.4. The number of carbonyl (C=O) groups is 2. The number of aryl methyl sites for hydroxylation is 1. The van der Waals surface area contributed by atoms with Crippen LogP contribution in [0.15, 0.2) is 42.6 Å². The van der Waals surface area contributed by atoms with E-state index in [4.69, 9.17) is 5.73 Å². The first kappa shape index (κ1) is 17.7. The molecule has 2 unspecified atom stereocenters. The summed E-state index contributed by atoms with van der Waals surface area (Å²) in [4.78, 5) is 23.6. The Balaban J connectivity index is 2.08. The van der Waals surface area contributed by atoms with E-state index in [0.717, 1.165) is 5.56 Å². The molecule has 0 spiro atoms. The summed E-state index contributed by atoms with van der Waals surface area (Å²) in [5, 5.41) is 12.6. The number of benzene rings is 1. The van der Waals surface area contributed by atoms with Gasteiger partial charge in [-0.1, -0.05) is 30.3 Å². The highest BCUT2D eigenvalue weighted by Gasteiger charge is 2.18. The molecule has 0 saturated heterocycles. The van der Waals surface area contributed by atoms with Crippen LogP contribution in [0.2, 0.25) is 0 Å². The monoisotopic (exact) mass is 329 g/mol. The van der Waals surface area contributed by atoms with Gasteiger partial charge in [-0.05, 0) is 25.0 Å². The lowest BCUT2D eigenvalue weighted by Gasteiger charge is -2.19. The van der Waals surface area contributed by atoms with Crippen LogP contribution in [0.5, 0.6) is 0 Å². The van der Waals surface area contributed by atoms with E-state index >= 15 is 0 Å². The van der Waals surface area contributed by atoms with E-state index in [1.807, 2.05) is 30.3 Å². The summed E-state index contributed by atoms with van der Waals surface area (Å²) < 4.78 is 1.57. The Hall–Kier alpha value is -2.60. The second kappa shape index (κ2) is 7.79. The van der Waals surface area contributed by atoms with Crippen molar-refractivity contribution < 1.29 is 14.7 Å². The number of hydrogen-bond acceptors (Lipinski definition) is 3. The van der Waals surface area contributed by atoms with E-state index in [0.29, 0.717) is 24.2 Å². The Morgan fingerprint density at radius 2 is 1.96 bits per heavy atom. The quantitative estimate of drug-likeness (QED) is 0.716. The van der Waals surface area contributed by atoms with Gasteiger partial charge < -0.3 is 20.7 Å². The average Bonchev–Trinajstić information content (AvgIpc) is 2.94. The lowest BCUT2D eigenvalue weighted by molar-refractivity contribution is 0.0937. The summed E-state index contributed by atoms with van der Waals surface area (Å²) in [6, 6.07) is 11.2. The lowest BCUT2D eigenvalue weighted by atomic mass is 9.93. The minimum atomic E-state index is -0.569. The number of nitrogens with two attached hydrogens (primary N) is 1. The SMILES string of the molecule is CC(O)CC(CNC(=O)c1cc(C(N)=O)cn1C)c1ccccc1. The van der Waals surface area contributed by atoms with Crippen LogP contribution < -0.4 is 11.1 Å². The fourth-order valence-corrected chi connectivity index (χ4v) is 2.71. The summed E-state index contributed by atoms with van der Waals surface area (Å²) in [7, 11) is 1.69. The van der Waals surface area contributed by atoms with E-state index in [1.54, 1.807) is 18.5 Å². The van der Waals surface area contributed by atoms with Gasteiger partial charge in [0.2, 0.25) is 5.91 Å². The van der Waals surface area contributed by atoms with Crippen LogP contribution in [0.3, 0.4) is 0 Å². The first-order valence-electron chi connectivity index (χ1n) is 7.86. The van der Waals surface area contributed by atoms with Gasteiger partial charge in [-0.2, -0.15) is 0 Å². The minimum absolute atomic E-state index is 0.00558. The topological polar surface area (TPSA) is 97.3 Å². The maximum absolute atomic E-state index is 12.4. The zero-order valence-corrected chi connectivity index (χ0v) is 13.9. The van der Waals surface area contributed by atoms with Crippen LogP contribution in [-0.2, 0) is 7.05 Å². The molecule has 0 radical (unpaired) electrons. The highest BCUT2D eigenvalue weighted by Crippen LogP contribution is 2.20. The highest BCUT2D eigenvalue weighted by molar-refractivity contribution is 5.98. The van der Waals surface area contributed by atoms with Crippen LogP contribution >= 0.6 is 0 Å². The van der Waals surface area contributed by atoms with Crippen molar-refractivity contribution in [3.05, 3.63) is 59.4 Å². The van der Waals surface area contributed by atoms with Gasteiger partial charge in [0.25, 0.3) is 5.91 Å². The average molecular weight is 329 g/mol. The second-order valence-electron chi connectivity index (χ2n) is 5.99. The summed E-state index contributed by atoms with van der Waals surface area (Å²) in [5.74, 6) is -0.844. The van der Waals surface area contributed by atoms with Crippen LogP contribution in [0.1, 0.15) is 45.7 Å². The molecule has 4 N–H and O–H groups in total. The van der Waals surface area contributed by atoms with Gasteiger partial charge in [-0.25, -0.2) is 0 Å². The number of aliphatic hydroxyl groups excluding tert-OH is 1. The van der Waals surface area contributed by atoms with E-state index in [1.165, 1.54) is 12.3 Å². The molecule has 2 amide bonds. The number of nitrogens with one attached hydrogen (secondary N) is 1. The Bertz CT molecular complexity index is 708. The Morgan fingerprint density at radius 3 is 2.50 bits per heavy atom. The zero-order chi connectivity index (χ0) is 17.7.